The van der Waals surface area contributed by atoms with E-state index in [9.17, 15) is 14.4 Å². The lowest BCUT2D eigenvalue weighted by molar-refractivity contribution is -0.147. The summed E-state index contributed by atoms with van der Waals surface area (Å²) >= 11 is 0. The maximum absolute atomic E-state index is 12.2. The molecule has 0 saturated heterocycles. The van der Waals surface area contributed by atoms with Crippen LogP contribution in [0, 0.1) is 0 Å². The lowest BCUT2D eigenvalue weighted by Crippen LogP contribution is -2.22. The van der Waals surface area contributed by atoms with Crippen LogP contribution >= 0.6 is 0 Å². The number of hydrogen-bond donors (Lipinski definition) is 2. The minimum absolute atomic E-state index is 0.0119. The Balaban J connectivity index is 1.52. The molecule has 0 unspecified atom stereocenters. The van der Waals surface area contributed by atoms with Gasteiger partial charge in [-0.15, -0.1) is 0 Å². The van der Waals surface area contributed by atoms with Crippen molar-refractivity contribution in [3.05, 3.63) is 70.3 Å². The summed E-state index contributed by atoms with van der Waals surface area (Å²) in [5, 5.41) is 3.30. The van der Waals surface area contributed by atoms with E-state index < -0.39 is 11.9 Å². The molecule has 0 bridgehead atoms. The van der Waals surface area contributed by atoms with Crippen molar-refractivity contribution in [3.63, 3.8) is 0 Å². The largest absolute Gasteiger partial charge is 0.456 e. The van der Waals surface area contributed by atoms with Crippen molar-refractivity contribution in [1.82, 2.24) is 9.97 Å². The molecule has 1 atom stereocenters. The van der Waals surface area contributed by atoms with Crippen molar-refractivity contribution >= 4 is 28.5 Å². The fourth-order valence-corrected chi connectivity index (χ4v) is 3.14. The van der Waals surface area contributed by atoms with Crippen LogP contribution in [0.2, 0.25) is 0 Å². The van der Waals surface area contributed by atoms with E-state index in [0.29, 0.717) is 22.6 Å². The number of nitrogens with zero attached hydrogens (tertiary/aromatic N) is 1. The number of benzene rings is 2. The van der Waals surface area contributed by atoms with E-state index in [-0.39, 0.29) is 25.0 Å². The van der Waals surface area contributed by atoms with Crippen molar-refractivity contribution in [1.29, 1.82) is 0 Å². The molecule has 1 aromatic heterocycles. The van der Waals surface area contributed by atoms with Crippen molar-refractivity contribution in [2.75, 3.05) is 11.9 Å². The number of carbonyl (C=O) groups excluding carboxylic acids is 2. The maximum atomic E-state index is 12.2. The van der Waals surface area contributed by atoms with E-state index in [0.717, 1.165) is 17.7 Å². The fraction of sp³-hybridized carbons (Fsp3) is 0.304. The highest BCUT2D eigenvalue weighted by atomic mass is 16.5. The van der Waals surface area contributed by atoms with Crippen molar-refractivity contribution in [2.24, 2.45) is 0 Å². The van der Waals surface area contributed by atoms with Crippen LogP contribution in [0.5, 0.6) is 0 Å². The molecule has 0 fully saturated rings. The Labute approximate surface area is 174 Å². The van der Waals surface area contributed by atoms with E-state index in [1.165, 1.54) is 0 Å². The quantitative estimate of drug-likeness (QED) is 0.556. The summed E-state index contributed by atoms with van der Waals surface area (Å²) in [4.78, 5) is 43.3. The van der Waals surface area contributed by atoms with Gasteiger partial charge in [0.15, 0.2) is 6.61 Å². The number of aromatic nitrogens is 2. The molecule has 0 radical (unpaired) electrons. The highest BCUT2D eigenvalue weighted by molar-refractivity contribution is 5.93. The van der Waals surface area contributed by atoms with Crippen molar-refractivity contribution < 1.29 is 14.3 Å². The minimum atomic E-state index is -0.531. The standard InChI is InChI=1S/C23H25N3O4/c1-3-15(2)16-8-4-6-10-18(16)25-21(27)14-30-22(28)13-12-20-24-19-11-7-5-9-17(19)23(29)26-20/h4-11,15H,3,12-14H2,1-2H3,(H,25,27)(H,24,26,29)/t15-/m1/s1. The second-order valence-electron chi connectivity index (χ2n) is 7.14. The van der Waals surface area contributed by atoms with E-state index in [1.54, 1.807) is 24.3 Å². The molecule has 0 aliphatic carbocycles. The van der Waals surface area contributed by atoms with Gasteiger partial charge >= 0.3 is 5.97 Å². The third-order valence-corrected chi connectivity index (χ3v) is 4.97. The number of hydrogen-bond acceptors (Lipinski definition) is 5. The SMILES string of the molecule is CC[C@@H](C)c1ccccc1NC(=O)COC(=O)CCc1nc2ccccc2c(=O)[nH]1. The number of carbonyl (C=O) groups is 2. The minimum Gasteiger partial charge on any atom is -0.456 e. The number of rotatable bonds is 8. The first-order valence-corrected chi connectivity index (χ1v) is 10.00. The highest BCUT2D eigenvalue weighted by Gasteiger charge is 2.13. The molecule has 156 valence electrons. The van der Waals surface area contributed by atoms with Gasteiger partial charge in [0, 0.05) is 12.1 Å². The Morgan fingerprint density at radius 3 is 2.67 bits per heavy atom. The summed E-state index contributed by atoms with van der Waals surface area (Å²) in [6.07, 6.45) is 1.18. The third-order valence-electron chi connectivity index (χ3n) is 4.97. The van der Waals surface area contributed by atoms with Gasteiger partial charge in [0.1, 0.15) is 5.82 Å². The van der Waals surface area contributed by atoms with Gasteiger partial charge in [0.05, 0.1) is 17.3 Å². The van der Waals surface area contributed by atoms with Crippen molar-refractivity contribution in [2.45, 2.75) is 39.0 Å². The number of fused-ring (bicyclic) bond motifs is 1. The topological polar surface area (TPSA) is 101 Å². The second kappa shape index (κ2) is 9.82. The molecular formula is C23H25N3O4. The summed E-state index contributed by atoms with van der Waals surface area (Å²) in [7, 11) is 0. The van der Waals surface area contributed by atoms with Crippen LogP contribution in [0.4, 0.5) is 5.69 Å². The van der Waals surface area contributed by atoms with E-state index in [2.05, 4.69) is 29.1 Å². The lowest BCUT2D eigenvalue weighted by Gasteiger charge is -2.15. The number of para-hydroxylation sites is 2. The second-order valence-corrected chi connectivity index (χ2v) is 7.14. The Morgan fingerprint density at radius 1 is 1.13 bits per heavy atom. The molecule has 1 heterocycles. The highest BCUT2D eigenvalue weighted by Crippen LogP contribution is 2.26. The van der Waals surface area contributed by atoms with E-state index in [4.69, 9.17) is 4.74 Å². The van der Waals surface area contributed by atoms with Crippen molar-refractivity contribution in [3.8, 4) is 0 Å². The number of nitrogens with one attached hydrogen (secondary N) is 2. The first-order valence-electron chi connectivity index (χ1n) is 10.00. The summed E-state index contributed by atoms with van der Waals surface area (Å²) in [5.74, 6) is -0.212. The zero-order valence-corrected chi connectivity index (χ0v) is 17.1. The molecule has 3 rings (SSSR count). The number of anilines is 1. The summed E-state index contributed by atoms with van der Waals surface area (Å²) < 4.78 is 5.07. The molecule has 0 aliphatic heterocycles. The Bertz CT molecular complexity index is 1110. The lowest BCUT2D eigenvalue weighted by atomic mass is 9.97. The van der Waals surface area contributed by atoms with Gasteiger partial charge in [-0.05, 0) is 36.1 Å². The van der Waals surface area contributed by atoms with Gasteiger partial charge in [0.25, 0.3) is 11.5 Å². The molecule has 0 saturated carbocycles. The molecule has 1 amide bonds. The Morgan fingerprint density at radius 2 is 1.87 bits per heavy atom. The Kier molecular flexibility index (Phi) is 6.95. The summed E-state index contributed by atoms with van der Waals surface area (Å²) in [5.41, 5.74) is 2.10. The fourth-order valence-electron chi connectivity index (χ4n) is 3.14. The van der Waals surface area contributed by atoms with Crippen LogP contribution in [-0.4, -0.2) is 28.5 Å². The summed E-state index contributed by atoms with van der Waals surface area (Å²) in [6, 6.07) is 14.6. The number of aryl methyl sites for hydroxylation is 1. The monoisotopic (exact) mass is 407 g/mol. The first kappa shape index (κ1) is 21.2. The average Bonchev–Trinajstić information content (AvgIpc) is 2.76. The predicted octanol–water partition coefficient (Wildman–Crippen LogP) is 3.55. The molecule has 3 aromatic rings. The van der Waals surface area contributed by atoms with E-state index >= 15 is 0 Å². The summed E-state index contributed by atoms with van der Waals surface area (Å²) in [6.45, 7) is 3.81. The van der Waals surface area contributed by atoms with E-state index in [1.807, 2.05) is 24.3 Å². The molecule has 0 spiro atoms. The van der Waals surface area contributed by atoms with Gasteiger partial charge < -0.3 is 15.0 Å². The molecule has 30 heavy (non-hydrogen) atoms. The van der Waals surface area contributed by atoms with Crippen LogP contribution in [0.15, 0.2) is 53.3 Å². The van der Waals surface area contributed by atoms with Crippen LogP contribution in [-0.2, 0) is 20.7 Å². The molecule has 2 aromatic carbocycles. The van der Waals surface area contributed by atoms with Gasteiger partial charge in [-0.2, -0.15) is 0 Å². The smallest absolute Gasteiger partial charge is 0.306 e. The van der Waals surface area contributed by atoms with Gasteiger partial charge in [0.2, 0.25) is 0 Å². The first-order chi connectivity index (χ1) is 14.5. The van der Waals surface area contributed by atoms with Gasteiger partial charge in [-0.1, -0.05) is 44.2 Å². The Hall–Kier alpha value is -3.48. The normalized spacial score (nSPS) is 11.8. The predicted molar refractivity (Wildman–Crippen MR) is 115 cm³/mol. The zero-order chi connectivity index (χ0) is 21.5. The number of esters is 1. The van der Waals surface area contributed by atoms with Crippen LogP contribution in [0.1, 0.15) is 44.0 Å². The molecule has 7 nitrogen and oxygen atoms in total. The van der Waals surface area contributed by atoms with Crippen LogP contribution in [0.3, 0.4) is 0 Å². The number of H-pyrrole nitrogens is 1. The van der Waals surface area contributed by atoms with Crippen LogP contribution < -0.4 is 10.9 Å². The molecule has 2 N–H and O–H groups in total. The third kappa shape index (κ3) is 5.31. The number of aromatic amines is 1. The molecular weight excluding hydrogens is 382 g/mol. The number of amides is 1. The maximum Gasteiger partial charge on any atom is 0.306 e. The molecule has 0 aliphatic rings. The zero-order valence-electron chi connectivity index (χ0n) is 17.1. The average molecular weight is 407 g/mol. The van der Waals surface area contributed by atoms with Gasteiger partial charge in [-0.3, -0.25) is 14.4 Å². The van der Waals surface area contributed by atoms with Crippen LogP contribution in [0.25, 0.3) is 10.9 Å². The molecule has 7 heteroatoms. The number of ether oxygens (including phenoxy) is 1. The van der Waals surface area contributed by atoms with Gasteiger partial charge in [-0.25, -0.2) is 4.98 Å².